The number of rotatable bonds is 4. The molecule has 15 heavy (non-hydrogen) atoms. The Morgan fingerprint density at radius 3 is 2.67 bits per heavy atom. The summed E-state index contributed by atoms with van der Waals surface area (Å²) >= 11 is 7.00. The van der Waals surface area contributed by atoms with Crippen molar-refractivity contribution < 1.29 is 0 Å². The van der Waals surface area contributed by atoms with Gasteiger partial charge < -0.3 is 0 Å². The second kappa shape index (κ2) is 5.85. The minimum absolute atomic E-state index is 0.963. The molecular weight excluding hydrogens is 320 g/mol. The van der Waals surface area contributed by atoms with Crippen molar-refractivity contribution in [3.63, 3.8) is 0 Å². The quantitative estimate of drug-likeness (QED) is 0.605. The third-order valence-electron chi connectivity index (χ3n) is 2.31. The summed E-state index contributed by atoms with van der Waals surface area (Å²) in [6.07, 6.45) is 4.31. The van der Waals surface area contributed by atoms with Crippen LogP contribution in [0.1, 0.15) is 24.7 Å². The van der Waals surface area contributed by atoms with Crippen LogP contribution < -0.4 is 0 Å². The summed E-state index contributed by atoms with van der Waals surface area (Å²) in [5.41, 5.74) is 3.69. The normalized spacial score (nSPS) is 12.2. The summed E-state index contributed by atoms with van der Waals surface area (Å²) in [4.78, 5) is 0. The van der Waals surface area contributed by atoms with Gasteiger partial charge in [0.05, 0.1) is 15.9 Å². The first-order valence-electron chi connectivity index (χ1n) is 4.95. The van der Waals surface area contributed by atoms with E-state index < -0.39 is 0 Å². The molecule has 1 heterocycles. The number of alkyl halides is 1. The Morgan fingerprint density at radius 1 is 1.53 bits per heavy atom. The maximum absolute atomic E-state index is 4.38. The van der Waals surface area contributed by atoms with Gasteiger partial charge in [0.1, 0.15) is 0 Å². The Bertz CT molecular complexity index is 367. The fourth-order valence-electron chi connectivity index (χ4n) is 1.51. The van der Waals surface area contributed by atoms with E-state index in [4.69, 9.17) is 0 Å². The van der Waals surface area contributed by atoms with E-state index in [2.05, 4.69) is 50.0 Å². The molecule has 0 fully saturated rings. The molecule has 0 aromatic carbocycles. The van der Waals surface area contributed by atoms with Crippen LogP contribution in [0.5, 0.6) is 0 Å². The average molecular weight is 336 g/mol. The van der Waals surface area contributed by atoms with Crippen molar-refractivity contribution in [2.75, 3.05) is 5.33 Å². The molecule has 0 aliphatic carbocycles. The zero-order valence-corrected chi connectivity index (χ0v) is 12.5. The van der Waals surface area contributed by atoms with Crippen molar-refractivity contribution in [2.45, 2.75) is 26.7 Å². The monoisotopic (exact) mass is 334 g/mol. The number of nitrogens with zero attached hydrogens (tertiary/aromatic N) is 2. The first-order valence-corrected chi connectivity index (χ1v) is 6.87. The molecule has 1 aromatic rings. The van der Waals surface area contributed by atoms with Crippen molar-refractivity contribution in [3.8, 4) is 0 Å². The molecule has 0 aliphatic rings. The van der Waals surface area contributed by atoms with Crippen LogP contribution in [0.25, 0.3) is 0 Å². The molecule has 0 saturated carbocycles. The predicted octanol–water partition coefficient (Wildman–Crippen LogP) is 3.76. The molecule has 0 aliphatic heterocycles. The number of hydrogen-bond acceptors (Lipinski definition) is 1. The van der Waals surface area contributed by atoms with Gasteiger partial charge in [0, 0.05) is 18.8 Å². The lowest BCUT2D eigenvalue weighted by Crippen LogP contribution is -1.99. The van der Waals surface area contributed by atoms with Crippen LogP contribution in [0.3, 0.4) is 0 Å². The van der Waals surface area contributed by atoms with E-state index in [1.807, 2.05) is 18.7 Å². The van der Waals surface area contributed by atoms with Gasteiger partial charge in [-0.15, -0.1) is 0 Å². The van der Waals surface area contributed by atoms with E-state index in [1.165, 1.54) is 11.3 Å². The zero-order valence-electron chi connectivity index (χ0n) is 9.35. The molecule has 0 spiro atoms. The Balaban J connectivity index is 2.80. The van der Waals surface area contributed by atoms with Crippen molar-refractivity contribution in [1.29, 1.82) is 0 Å². The summed E-state index contributed by atoms with van der Waals surface area (Å²) in [5, 5.41) is 5.40. The smallest absolute Gasteiger partial charge is 0.0738 e. The highest BCUT2D eigenvalue weighted by Crippen LogP contribution is 2.22. The minimum atomic E-state index is 0.963. The van der Waals surface area contributed by atoms with Gasteiger partial charge in [-0.3, -0.25) is 4.68 Å². The molecule has 1 aromatic heterocycles. The summed E-state index contributed by atoms with van der Waals surface area (Å²) in [7, 11) is 1.99. The van der Waals surface area contributed by atoms with E-state index in [1.54, 1.807) is 0 Å². The van der Waals surface area contributed by atoms with Crippen LogP contribution in [0, 0.1) is 6.92 Å². The van der Waals surface area contributed by atoms with E-state index in [9.17, 15) is 0 Å². The second-order valence-electron chi connectivity index (χ2n) is 3.67. The number of allylic oxidation sites excluding steroid dienone is 2. The van der Waals surface area contributed by atoms with Gasteiger partial charge in [0.2, 0.25) is 0 Å². The van der Waals surface area contributed by atoms with Crippen LogP contribution >= 0.6 is 31.9 Å². The van der Waals surface area contributed by atoms with Gasteiger partial charge in [-0.05, 0) is 36.2 Å². The SMILES string of the molecule is CC(=CCCBr)Cc1c(Br)c(C)nn1C. The number of aromatic nitrogens is 2. The summed E-state index contributed by atoms with van der Waals surface area (Å²) in [5.74, 6) is 0. The van der Waals surface area contributed by atoms with E-state index in [0.717, 1.165) is 28.3 Å². The molecule has 0 atom stereocenters. The highest BCUT2D eigenvalue weighted by Gasteiger charge is 2.10. The minimum Gasteiger partial charge on any atom is -0.271 e. The van der Waals surface area contributed by atoms with Crippen LogP contribution in [0.2, 0.25) is 0 Å². The summed E-state index contributed by atoms with van der Waals surface area (Å²) in [6, 6.07) is 0. The van der Waals surface area contributed by atoms with Gasteiger partial charge in [0.15, 0.2) is 0 Å². The fraction of sp³-hybridized carbons (Fsp3) is 0.545. The van der Waals surface area contributed by atoms with Gasteiger partial charge >= 0.3 is 0 Å². The van der Waals surface area contributed by atoms with Crippen molar-refractivity contribution in [3.05, 3.63) is 27.5 Å². The lowest BCUT2D eigenvalue weighted by Gasteiger charge is -2.03. The molecule has 0 saturated heterocycles. The van der Waals surface area contributed by atoms with Gasteiger partial charge in [-0.1, -0.05) is 27.6 Å². The summed E-state index contributed by atoms with van der Waals surface area (Å²) < 4.78 is 3.09. The third-order valence-corrected chi connectivity index (χ3v) is 3.80. The highest BCUT2D eigenvalue weighted by atomic mass is 79.9. The topological polar surface area (TPSA) is 17.8 Å². The molecule has 0 radical (unpaired) electrons. The number of hydrogen-bond donors (Lipinski definition) is 0. The molecule has 1 rings (SSSR count). The highest BCUT2D eigenvalue weighted by molar-refractivity contribution is 9.10. The molecule has 2 nitrogen and oxygen atoms in total. The van der Waals surface area contributed by atoms with Crippen molar-refractivity contribution in [1.82, 2.24) is 9.78 Å². The first-order chi connectivity index (χ1) is 7.06. The van der Waals surface area contributed by atoms with Crippen LogP contribution in [-0.4, -0.2) is 15.1 Å². The Morgan fingerprint density at radius 2 is 2.20 bits per heavy atom. The standard InChI is InChI=1S/C11H16Br2N2/c1-8(5-4-6-12)7-10-11(13)9(2)14-15(10)3/h5H,4,6-7H2,1-3H3. The molecule has 0 N–H and O–H groups in total. The molecular formula is C11H16Br2N2. The molecule has 84 valence electrons. The molecule has 0 amide bonds. The fourth-order valence-corrected chi connectivity index (χ4v) is 2.21. The van der Waals surface area contributed by atoms with Crippen LogP contribution in [0.4, 0.5) is 0 Å². The molecule has 0 unspecified atom stereocenters. The maximum atomic E-state index is 4.38. The lowest BCUT2D eigenvalue weighted by molar-refractivity contribution is 0.713. The van der Waals surface area contributed by atoms with Crippen molar-refractivity contribution in [2.24, 2.45) is 7.05 Å². The second-order valence-corrected chi connectivity index (χ2v) is 5.26. The van der Waals surface area contributed by atoms with E-state index in [-0.39, 0.29) is 0 Å². The average Bonchev–Trinajstić information content (AvgIpc) is 2.42. The van der Waals surface area contributed by atoms with Crippen LogP contribution in [0.15, 0.2) is 16.1 Å². The van der Waals surface area contributed by atoms with Gasteiger partial charge in [-0.25, -0.2) is 0 Å². The number of halogens is 2. The largest absolute Gasteiger partial charge is 0.271 e. The summed E-state index contributed by atoms with van der Waals surface area (Å²) in [6.45, 7) is 4.18. The predicted molar refractivity (Wildman–Crippen MR) is 71.5 cm³/mol. The first kappa shape index (κ1) is 13.0. The van der Waals surface area contributed by atoms with Gasteiger partial charge in [-0.2, -0.15) is 5.10 Å². The molecule has 0 bridgehead atoms. The van der Waals surface area contributed by atoms with E-state index >= 15 is 0 Å². The molecule has 4 heteroatoms. The Hall–Kier alpha value is -0.0900. The van der Waals surface area contributed by atoms with Crippen molar-refractivity contribution >= 4 is 31.9 Å². The maximum Gasteiger partial charge on any atom is 0.0738 e. The van der Waals surface area contributed by atoms with E-state index in [0.29, 0.717) is 0 Å². The zero-order chi connectivity index (χ0) is 11.4. The Kier molecular flexibility index (Phi) is 5.06. The third kappa shape index (κ3) is 3.45. The lowest BCUT2D eigenvalue weighted by atomic mass is 10.1. The van der Waals surface area contributed by atoms with Gasteiger partial charge in [0.25, 0.3) is 0 Å². The number of aryl methyl sites for hydroxylation is 2. The van der Waals surface area contributed by atoms with Crippen LogP contribution in [-0.2, 0) is 13.5 Å². The Labute approximate surface area is 108 Å².